The van der Waals surface area contributed by atoms with Gasteiger partial charge in [-0.1, -0.05) is 35.0 Å². The summed E-state index contributed by atoms with van der Waals surface area (Å²) in [6.07, 6.45) is 1.07. The third-order valence-electron chi connectivity index (χ3n) is 6.14. The van der Waals surface area contributed by atoms with E-state index < -0.39 is 0 Å². The van der Waals surface area contributed by atoms with Crippen LogP contribution < -0.4 is 10.1 Å². The van der Waals surface area contributed by atoms with Crippen LogP contribution in [0.3, 0.4) is 0 Å². The normalized spacial score (nSPS) is 20.2. The van der Waals surface area contributed by atoms with Crippen LogP contribution in [0.15, 0.2) is 58.3 Å². The zero-order chi connectivity index (χ0) is 21.7. The number of halogens is 1. The molecule has 0 spiro atoms. The quantitative estimate of drug-likeness (QED) is 0.578. The molecule has 158 valence electrons. The summed E-state index contributed by atoms with van der Waals surface area (Å²) in [6, 6.07) is 12.9. The van der Waals surface area contributed by atoms with E-state index in [4.69, 9.17) is 20.9 Å². The largest absolute Gasteiger partial charge is 0.504 e. The van der Waals surface area contributed by atoms with Crippen molar-refractivity contribution in [2.75, 3.05) is 12.4 Å². The second-order valence-corrected chi connectivity index (χ2v) is 8.41. The first-order valence-electron chi connectivity index (χ1n) is 10.1. The van der Waals surface area contributed by atoms with Gasteiger partial charge in [-0.3, -0.25) is 4.79 Å². The summed E-state index contributed by atoms with van der Waals surface area (Å²) >= 11 is 6.03. The Morgan fingerprint density at radius 2 is 1.90 bits per heavy atom. The monoisotopic (exact) mass is 436 g/mol. The predicted molar refractivity (Wildman–Crippen MR) is 117 cm³/mol. The zero-order valence-corrected chi connectivity index (χ0v) is 17.9. The maximum Gasteiger partial charge on any atom is 0.233 e. The number of aryl methyl sites for hydroxylation is 1. The van der Waals surface area contributed by atoms with Gasteiger partial charge in [-0.05, 0) is 54.7 Å². The first kappa shape index (κ1) is 19.7. The number of anilines is 1. The summed E-state index contributed by atoms with van der Waals surface area (Å²) in [6.45, 7) is 1.86. The van der Waals surface area contributed by atoms with E-state index in [-0.39, 0.29) is 23.4 Å². The van der Waals surface area contributed by atoms with E-state index in [1.807, 2.05) is 37.3 Å². The fourth-order valence-corrected chi connectivity index (χ4v) is 4.79. The Labute approximate surface area is 184 Å². The Hall–Kier alpha value is -3.25. The fourth-order valence-electron chi connectivity index (χ4n) is 4.66. The van der Waals surface area contributed by atoms with E-state index in [1.54, 1.807) is 12.1 Å². The lowest BCUT2D eigenvalue weighted by molar-refractivity contribution is -0.116. The molecule has 0 fully saturated rings. The van der Waals surface area contributed by atoms with E-state index in [9.17, 15) is 9.90 Å². The number of nitrogens with one attached hydrogen (secondary N) is 1. The molecule has 0 bridgehead atoms. The van der Waals surface area contributed by atoms with E-state index in [1.165, 1.54) is 7.11 Å². The van der Waals surface area contributed by atoms with Gasteiger partial charge < -0.3 is 19.7 Å². The summed E-state index contributed by atoms with van der Waals surface area (Å²) in [5.74, 6) is 0.700. The number of benzene rings is 2. The molecule has 1 aliphatic carbocycles. The molecule has 3 aromatic rings. The van der Waals surface area contributed by atoms with Crippen molar-refractivity contribution in [3.05, 3.63) is 81.1 Å². The van der Waals surface area contributed by atoms with E-state index >= 15 is 0 Å². The van der Waals surface area contributed by atoms with Crippen molar-refractivity contribution in [2.45, 2.75) is 31.6 Å². The summed E-state index contributed by atoms with van der Waals surface area (Å²) in [5, 5.41) is 18.5. The zero-order valence-electron chi connectivity index (χ0n) is 17.1. The molecule has 0 amide bonds. The molecule has 5 rings (SSSR count). The maximum atomic E-state index is 13.5. The topological polar surface area (TPSA) is 84.6 Å². The average Bonchev–Trinajstić information content (AvgIpc) is 3.13. The van der Waals surface area contributed by atoms with Crippen molar-refractivity contribution in [3.63, 3.8) is 0 Å². The van der Waals surface area contributed by atoms with Gasteiger partial charge >= 0.3 is 0 Å². The number of aromatic hydroxyl groups is 1. The number of nitrogens with zero attached hydrogens (tertiary/aromatic N) is 1. The summed E-state index contributed by atoms with van der Waals surface area (Å²) in [7, 11) is 1.50. The van der Waals surface area contributed by atoms with Gasteiger partial charge in [0.15, 0.2) is 17.3 Å². The average molecular weight is 437 g/mol. The minimum Gasteiger partial charge on any atom is -0.504 e. The summed E-state index contributed by atoms with van der Waals surface area (Å²) in [5.41, 5.74) is 4.93. The number of phenols is 1. The molecule has 2 heterocycles. The molecule has 1 aromatic heterocycles. The molecule has 0 unspecified atom stereocenters. The van der Waals surface area contributed by atoms with Crippen molar-refractivity contribution >= 4 is 23.3 Å². The Bertz CT molecular complexity index is 1210. The molecule has 2 aromatic carbocycles. The van der Waals surface area contributed by atoms with Crippen LogP contribution in [0.1, 0.15) is 47.1 Å². The standard InChI is InChI=1S/C24H21ClN2O4/c1-12-21-22(14-5-8-20(30-2)18(28)10-14)23-17(26-24(21)31-27-12)9-15(11-19(23)29)13-3-6-16(25)7-4-13/h3-8,10,15,22,26,28H,9,11H2,1-2H3/t15-,22+/m1/s1. The molecule has 1 aliphatic heterocycles. The summed E-state index contributed by atoms with van der Waals surface area (Å²) in [4.78, 5) is 13.5. The molecular weight excluding hydrogens is 416 g/mol. The van der Waals surface area contributed by atoms with Crippen LogP contribution in [0.2, 0.25) is 5.02 Å². The highest BCUT2D eigenvalue weighted by Gasteiger charge is 2.41. The predicted octanol–water partition coefficient (Wildman–Crippen LogP) is 5.31. The summed E-state index contributed by atoms with van der Waals surface area (Å²) < 4.78 is 10.7. The fraction of sp³-hybridized carbons (Fsp3) is 0.250. The number of aromatic nitrogens is 1. The Kier molecular flexibility index (Phi) is 4.74. The lowest BCUT2D eigenvalue weighted by atomic mass is 9.72. The molecule has 0 saturated carbocycles. The molecule has 31 heavy (non-hydrogen) atoms. The van der Waals surface area contributed by atoms with Crippen LogP contribution in [-0.2, 0) is 4.79 Å². The van der Waals surface area contributed by atoms with Crippen LogP contribution in [0, 0.1) is 6.92 Å². The van der Waals surface area contributed by atoms with Crippen LogP contribution in [-0.4, -0.2) is 23.2 Å². The van der Waals surface area contributed by atoms with Gasteiger partial charge in [-0.15, -0.1) is 0 Å². The molecule has 0 radical (unpaired) electrons. The first-order chi connectivity index (χ1) is 15.0. The van der Waals surface area contributed by atoms with Crippen LogP contribution in [0.4, 0.5) is 5.88 Å². The number of carbonyl (C=O) groups is 1. The van der Waals surface area contributed by atoms with Crippen LogP contribution >= 0.6 is 11.6 Å². The van der Waals surface area contributed by atoms with Gasteiger partial charge in [0.2, 0.25) is 5.88 Å². The van der Waals surface area contributed by atoms with Gasteiger partial charge in [0.05, 0.1) is 18.4 Å². The SMILES string of the molecule is COc1ccc([C@@H]2C3=C(C[C@@H](c4ccc(Cl)cc4)CC3=O)Nc3onc(C)c32)cc1O. The third-order valence-corrected chi connectivity index (χ3v) is 6.39. The number of hydrogen-bond acceptors (Lipinski definition) is 6. The smallest absolute Gasteiger partial charge is 0.233 e. The number of rotatable bonds is 3. The number of ketones is 1. The number of Topliss-reactive ketones (excluding diaryl/α,β-unsaturated/α-hetero) is 1. The minimum atomic E-state index is -0.368. The van der Waals surface area contributed by atoms with E-state index in [0.717, 1.165) is 22.4 Å². The van der Waals surface area contributed by atoms with E-state index in [2.05, 4.69) is 10.5 Å². The third kappa shape index (κ3) is 3.27. The van der Waals surface area contributed by atoms with Crippen molar-refractivity contribution in [1.29, 1.82) is 0 Å². The van der Waals surface area contributed by atoms with Gasteiger partial charge in [0, 0.05) is 28.6 Å². The van der Waals surface area contributed by atoms with Crippen molar-refractivity contribution in [3.8, 4) is 11.5 Å². The number of hydrogen-bond donors (Lipinski definition) is 2. The van der Waals surface area contributed by atoms with Crippen LogP contribution in [0.5, 0.6) is 11.5 Å². The molecule has 2 atom stereocenters. The highest BCUT2D eigenvalue weighted by Crippen LogP contribution is 2.49. The Morgan fingerprint density at radius 3 is 2.61 bits per heavy atom. The van der Waals surface area contributed by atoms with Gasteiger partial charge in [0.1, 0.15) is 0 Å². The van der Waals surface area contributed by atoms with Crippen LogP contribution in [0.25, 0.3) is 0 Å². The van der Waals surface area contributed by atoms with Gasteiger partial charge in [-0.25, -0.2) is 0 Å². The van der Waals surface area contributed by atoms with Crippen molar-refractivity contribution < 1.29 is 19.2 Å². The Morgan fingerprint density at radius 1 is 1.16 bits per heavy atom. The molecule has 2 N–H and O–H groups in total. The van der Waals surface area contributed by atoms with Gasteiger partial charge in [0.25, 0.3) is 0 Å². The number of carbonyl (C=O) groups excluding carboxylic acids is 1. The maximum absolute atomic E-state index is 13.5. The molecule has 0 saturated heterocycles. The molecule has 7 heteroatoms. The number of allylic oxidation sites excluding steroid dienone is 2. The second kappa shape index (κ2) is 7.46. The number of methoxy groups -OCH3 is 1. The first-order valence-corrected chi connectivity index (χ1v) is 10.5. The molecular formula is C24H21ClN2O4. The van der Waals surface area contributed by atoms with E-state index in [0.29, 0.717) is 40.8 Å². The van der Waals surface area contributed by atoms with Gasteiger partial charge in [-0.2, -0.15) is 0 Å². The second-order valence-electron chi connectivity index (χ2n) is 7.97. The highest BCUT2D eigenvalue weighted by molar-refractivity contribution is 6.30. The number of ether oxygens (including phenoxy) is 1. The molecule has 6 nitrogen and oxygen atoms in total. The number of fused-ring (bicyclic) bond motifs is 1. The molecule has 2 aliphatic rings. The lowest BCUT2D eigenvalue weighted by Crippen LogP contribution is -2.29. The lowest BCUT2D eigenvalue weighted by Gasteiger charge is -2.34. The number of phenolic OH excluding ortho intramolecular Hbond substituents is 1. The highest BCUT2D eigenvalue weighted by atomic mass is 35.5. The minimum absolute atomic E-state index is 0.0265. The Balaban J connectivity index is 1.61. The van der Waals surface area contributed by atoms with Crippen molar-refractivity contribution in [2.24, 2.45) is 0 Å². The van der Waals surface area contributed by atoms with Crippen molar-refractivity contribution in [1.82, 2.24) is 5.16 Å².